The van der Waals surface area contributed by atoms with Gasteiger partial charge in [0.1, 0.15) is 0 Å². The maximum Gasteiger partial charge on any atom is 0.262 e. The van der Waals surface area contributed by atoms with Crippen LogP contribution in [0.3, 0.4) is 0 Å². The van der Waals surface area contributed by atoms with Gasteiger partial charge >= 0.3 is 0 Å². The first-order valence-corrected chi connectivity index (χ1v) is 10.5. The van der Waals surface area contributed by atoms with Gasteiger partial charge in [-0.3, -0.25) is 14.5 Å². The molecule has 0 saturated carbocycles. The van der Waals surface area contributed by atoms with Crippen molar-refractivity contribution in [1.29, 1.82) is 0 Å². The minimum absolute atomic E-state index is 0.133. The first-order valence-electron chi connectivity index (χ1n) is 9.08. The Morgan fingerprint density at radius 2 is 1.62 bits per heavy atom. The summed E-state index contributed by atoms with van der Waals surface area (Å²) in [6, 6.07) is 9.42. The van der Waals surface area contributed by atoms with E-state index in [4.69, 9.17) is 0 Å². The number of aromatic nitrogens is 1. The zero-order valence-electron chi connectivity index (χ0n) is 15.5. The molecular weight excluding hydrogens is 394 g/mol. The molecule has 1 N–H and O–H groups in total. The number of fused-ring (bicyclic) bond motifs is 1. The topological polar surface area (TPSA) is 108 Å². The predicted molar refractivity (Wildman–Crippen MR) is 103 cm³/mol. The molecule has 0 fully saturated rings. The lowest BCUT2D eigenvalue weighted by Crippen LogP contribution is -2.50. The van der Waals surface area contributed by atoms with Gasteiger partial charge in [0.2, 0.25) is 0 Å². The lowest BCUT2D eigenvalue weighted by Gasteiger charge is -2.30. The van der Waals surface area contributed by atoms with Gasteiger partial charge in [0.15, 0.2) is 5.03 Å². The third-order valence-corrected chi connectivity index (χ3v) is 7.01. The van der Waals surface area contributed by atoms with Crippen molar-refractivity contribution >= 4 is 21.8 Å². The Hall–Kier alpha value is -2.88. The lowest BCUT2D eigenvalue weighted by atomic mass is 10.1. The number of imide groups is 1. The molecule has 0 aliphatic carbocycles. The van der Waals surface area contributed by atoms with Gasteiger partial charge in [-0.2, -0.15) is 4.31 Å². The molecule has 9 heteroatoms. The highest BCUT2D eigenvalue weighted by molar-refractivity contribution is 7.89. The van der Waals surface area contributed by atoms with E-state index < -0.39 is 40.0 Å². The molecule has 2 aliphatic heterocycles. The summed E-state index contributed by atoms with van der Waals surface area (Å²) in [6.07, 6.45) is 3.18. The van der Waals surface area contributed by atoms with Crippen LogP contribution in [0.25, 0.3) is 0 Å². The van der Waals surface area contributed by atoms with E-state index in [1.54, 1.807) is 49.4 Å². The molecule has 1 aromatic carbocycles. The van der Waals surface area contributed by atoms with Crippen LogP contribution in [-0.2, 0) is 10.0 Å². The summed E-state index contributed by atoms with van der Waals surface area (Å²) in [5.74, 6) is -1.01. The summed E-state index contributed by atoms with van der Waals surface area (Å²) in [5, 5.41) is 10.7. The summed E-state index contributed by atoms with van der Waals surface area (Å²) in [5.41, 5.74) is 0.543. The van der Waals surface area contributed by atoms with E-state index in [0.717, 1.165) is 9.21 Å². The number of aliphatic hydroxyl groups excluding tert-OH is 1. The minimum Gasteiger partial charge on any atom is -0.389 e. The van der Waals surface area contributed by atoms with Gasteiger partial charge in [0, 0.05) is 18.8 Å². The van der Waals surface area contributed by atoms with E-state index in [2.05, 4.69) is 4.98 Å². The Balaban J connectivity index is 1.66. The molecule has 3 atom stereocenters. The average molecular weight is 413 g/mol. The smallest absolute Gasteiger partial charge is 0.262 e. The Morgan fingerprint density at radius 1 is 1.00 bits per heavy atom. The van der Waals surface area contributed by atoms with Crippen LogP contribution < -0.4 is 0 Å². The van der Waals surface area contributed by atoms with Crippen LogP contribution in [0.5, 0.6) is 0 Å². The molecule has 150 valence electrons. The number of rotatable bonds is 3. The number of hydrogen-bond donors (Lipinski definition) is 1. The molecule has 1 aromatic heterocycles. The SMILES string of the molecule is C[C@@H]1C=C[C@@H](N2C(=O)c3ccccc3C2=O)[C@@H](O)CN1S(=O)(=O)c1ccccn1. The molecule has 0 bridgehead atoms. The van der Waals surface area contributed by atoms with Crippen LogP contribution in [0.4, 0.5) is 0 Å². The van der Waals surface area contributed by atoms with E-state index in [1.807, 2.05) is 0 Å². The van der Waals surface area contributed by atoms with Crippen LogP contribution in [0, 0.1) is 0 Å². The molecule has 2 amide bonds. The number of carbonyl (C=O) groups is 2. The molecule has 0 saturated heterocycles. The second-order valence-electron chi connectivity index (χ2n) is 6.95. The van der Waals surface area contributed by atoms with E-state index in [-0.39, 0.29) is 22.7 Å². The van der Waals surface area contributed by atoms with E-state index in [9.17, 15) is 23.1 Å². The van der Waals surface area contributed by atoms with Crippen LogP contribution in [0.15, 0.2) is 65.8 Å². The second kappa shape index (κ2) is 7.18. The number of carbonyl (C=O) groups excluding carboxylic acids is 2. The van der Waals surface area contributed by atoms with Gasteiger partial charge in [0.05, 0.1) is 23.3 Å². The molecule has 4 rings (SSSR count). The quantitative estimate of drug-likeness (QED) is 0.595. The molecular formula is C20H19N3O5S. The van der Waals surface area contributed by atoms with Crippen LogP contribution in [0.1, 0.15) is 27.6 Å². The molecule has 2 aromatic rings. The Bertz CT molecular complexity index is 1070. The van der Waals surface area contributed by atoms with Crippen LogP contribution in [-0.4, -0.2) is 64.3 Å². The normalized spacial score (nSPS) is 25.2. The van der Waals surface area contributed by atoms with Gasteiger partial charge < -0.3 is 5.11 Å². The van der Waals surface area contributed by atoms with Gasteiger partial charge in [-0.15, -0.1) is 0 Å². The highest BCUT2D eigenvalue weighted by Crippen LogP contribution is 2.29. The van der Waals surface area contributed by atoms with Gasteiger partial charge in [-0.05, 0) is 31.2 Å². The fourth-order valence-corrected chi connectivity index (χ4v) is 5.17. The molecule has 8 nitrogen and oxygen atoms in total. The average Bonchev–Trinajstić information content (AvgIpc) is 2.87. The van der Waals surface area contributed by atoms with Gasteiger partial charge in [-0.25, -0.2) is 13.4 Å². The van der Waals surface area contributed by atoms with Crippen molar-refractivity contribution in [3.63, 3.8) is 0 Å². The van der Waals surface area contributed by atoms with Crippen molar-refractivity contribution in [1.82, 2.24) is 14.2 Å². The number of sulfonamides is 1. The number of benzene rings is 1. The fourth-order valence-electron chi connectivity index (χ4n) is 3.63. The third-order valence-electron chi connectivity index (χ3n) is 5.14. The summed E-state index contributed by atoms with van der Waals surface area (Å²) in [7, 11) is -3.97. The zero-order valence-corrected chi connectivity index (χ0v) is 16.4. The number of nitrogens with zero attached hydrogens (tertiary/aromatic N) is 3. The number of pyridine rings is 1. The second-order valence-corrected chi connectivity index (χ2v) is 8.79. The largest absolute Gasteiger partial charge is 0.389 e. The summed E-state index contributed by atoms with van der Waals surface area (Å²) >= 11 is 0. The first-order chi connectivity index (χ1) is 13.8. The molecule has 3 heterocycles. The molecule has 0 radical (unpaired) electrons. The van der Waals surface area contributed by atoms with Crippen molar-refractivity contribution in [2.45, 2.75) is 30.1 Å². The molecule has 0 spiro atoms. The maximum atomic E-state index is 13.0. The van der Waals surface area contributed by atoms with Crippen molar-refractivity contribution in [3.05, 3.63) is 71.9 Å². The van der Waals surface area contributed by atoms with Gasteiger partial charge in [-0.1, -0.05) is 30.4 Å². The molecule has 0 unspecified atom stereocenters. The Labute approximate surface area is 168 Å². The lowest BCUT2D eigenvalue weighted by molar-refractivity contribution is 0.0402. The van der Waals surface area contributed by atoms with Crippen LogP contribution >= 0.6 is 0 Å². The van der Waals surface area contributed by atoms with Crippen molar-refractivity contribution < 1.29 is 23.1 Å². The Morgan fingerprint density at radius 3 is 2.21 bits per heavy atom. The molecule has 2 aliphatic rings. The van der Waals surface area contributed by atoms with E-state index >= 15 is 0 Å². The summed E-state index contributed by atoms with van der Waals surface area (Å²) < 4.78 is 27.1. The summed E-state index contributed by atoms with van der Waals surface area (Å²) in [4.78, 5) is 30.4. The van der Waals surface area contributed by atoms with E-state index in [1.165, 1.54) is 18.3 Å². The van der Waals surface area contributed by atoms with Crippen molar-refractivity contribution in [2.24, 2.45) is 0 Å². The zero-order chi connectivity index (χ0) is 20.8. The monoisotopic (exact) mass is 413 g/mol. The fraction of sp³-hybridized carbons (Fsp3) is 0.250. The highest BCUT2D eigenvalue weighted by atomic mass is 32.2. The molecule has 29 heavy (non-hydrogen) atoms. The predicted octanol–water partition coefficient (Wildman–Crippen LogP) is 1.06. The maximum absolute atomic E-state index is 13.0. The number of aliphatic hydroxyl groups is 1. The first kappa shape index (κ1) is 19.4. The minimum atomic E-state index is -3.97. The van der Waals surface area contributed by atoms with Crippen molar-refractivity contribution in [3.8, 4) is 0 Å². The standard InChI is InChI=1S/C20H19N3O5S/c1-13-9-10-16(23-19(25)14-6-2-3-7-15(14)20(23)26)17(24)12-22(13)29(27,28)18-8-4-5-11-21-18/h2-11,13,16-17,24H,12H2,1H3/t13-,16-,17+/m1/s1. The summed E-state index contributed by atoms with van der Waals surface area (Å²) in [6.45, 7) is 1.37. The van der Waals surface area contributed by atoms with Crippen LogP contribution in [0.2, 0.25) is 0 Å². The van der Waals surface area contributed by atoms with Crippen molar-refractivity contribution in [2.75, 3.05) is 6.54 Å². The number of β-amino-alcohol motifs (C(OH)–C–C–N with tert-alkyl or cyclic N) is 1. The third kappa shape index (κ3) is 3.17. The highest BCUT2D eigenvalue weighted by Gasteiger charge is 2.44. The number of hydrogen-bond acceptors (Lipinski definition) is 6. The number of amides is 2. The van der Waals surface area contributed by atoms with E-state index in [0.29, 0.717) is 0 Å². The van der Waals surface area contributed by atoms with Gasteiger partial charge in [0.25, 0.3) is 21.8 Å². The Kier molecular flexibility index (Phi) is 4.81.